The van der Waals surface area contributed by atoms with E-state index < -0.39 is 23.7 Å². The highest BCUT2D eigenvalue weighted by Gasteiger charge is 2.48. The first kappa shape index (κ1) is 15.0. The highest BCUT2D eigenvalue weighted by molar-refractivity contribution is 7.88. The van der Waals surface area contributed by atoms with Gasteiger partial charge in [-0.1, -0.05) is 37.0 Å². The third-order valence-electron chi connectivity index (χ3n) is 2.21. The fourth-order valence-corrected chi connectivity index (χ4v) is 2.81. The summed E-state index contributed by atoms with van der Waals surface area (Å²) in [6, 6.07) is 5.65. The predicted octanol–water partition coefficient (Wildman–Crippen LogP) is 2.46. The number of benzene rings is 1. The Labute approximate surface area is 105 Å². The standard InChI is InChI=1S/C10H13F3O3SSi/c1-18(2,3)9-6-4-8(5-7-9)16-17(14,15)10(11,12)13/h4-7H,1-3H3. The molecule has 0 saturated heterocycles. The minimum absolute atomic E-state index is 0.339. The summed E-state index contributed by atoms with van der Waals surface area (Å²) >= 11 is 0. The summed E-state index contributed by atoms with van der Waals surface area (Å²) in [4.78, 5) is 0. The van der Waals surface area contributed by atoms with Gasteiger partial charge in [0.15, 0.2) is 0 Å². The Balaban J connectivity index is 2.96. The maximum Gasteiger partial charge on any atom is 0.534 e. The highest BCUT2D eigenvalue weighted by atomic mass is 32.2. The van der Waals surface area contributed by atoms with Crippen LogP contribution in [0, 0.1) is 0 Å². The topological polar surface area (TPSA) is 43.4 Å². The van der Waals surface area contributed by atoms with Crippen molar-refractivity contribution in [1.29, 1.82) is 0 Å². The maximum absolute atomic E-state index is 12.1. The van der Waals surface area contributed by atoms with Gasteiger partial charge in [0.25, 0.3) is 0 Å². The van der Waals surface area contributed by atoms with Gasteiger partial charge in [0.2, 0.25) is 0 Å². The summed E-state index contributed by atoms with van der Waals surface area (Å²) < 4.78 is 61.8. The first-order valence-corrected chi connectivity index (χ1v) is 9.95. The Morgan fingerprint density at radius 1 is 1.06 bits per heavy atom. The molecule has 1 rings (SSSR count). The molecule has 0 N–H and O–H groups in total. The molecule has 1 aromatic carbocycles. The minimum Gasteiger partial charge on any atom is -0.376 e. The molecule has 0 amide bonds. The zero-order chi connectivity index (χ0) is 14.2. The second kappa shape index (κ2) is 4.58. The summed E-state index contributed by atoms with van der Waals surface area (Å²) in [5, 5.41) is 0.999. The van der Waals surface area contributed by atoms with Gasteiger partial charge < -0.3 is 4.18 Å². The van der Waals surface area contributed by atoms with Crippen LogP contribution in [-0.2, 0) is 10.1 Å². The molecule has 3 nitrogen and oxygen atoms in total. The monoisotopic (exact) mass is 298 g/mol. The van der Waals surface area contributed by atoms with E-state index in [1.165, 1.54) is 12.1 Å². The number of hydrogen-bond acceptors (Lipinski definition) is 3. The Hall–Kier alpha value is -1.02. The van der Waals surface area contributed by atoms with Gasteiger partial charge in [0, 0.05) is 0 Å². The Morgan fingerprint density at radius 2 is 1.50 bits per heavy atom. The molecule has 0 aromatic heterocycles. The Morgan fingerprint density at radius 3 is 1.83 bits per heavy atom. The van der Waals surface area contributed by atoms with Gasteiger partial charge in [0.05, 0.1) is 8.07 Å². The largest absolute Gasteiger partial charge is 0.534 e. The molecule has 102 valence electrons. The summed E-state index contributed by atoms with van der Waals surface area (Å²) in [5.41, 5.74) is -5.41. The average molecular weight is 298 g/mol. The lowest BCUT2D eigenvalue weighted by Gasteiger charge is -2.17. The third kappa shape index (κ3) is 3.48. The van der Waals surface area contributed by atoms with Crippen LogP contribution in [0.3, 0.4) is 0 Å². The predicted molar refractivity (Wildman–Crippen MR) is 65.0 cm³/mol. The van der Waals surface area contributed by atoms with Crippen molar-refractivity contribution in [2.24, 2.45) is 0 Å². The van der Waals surface area contributed by atoms with Crippen molar-refractivity contribution >= 4 is 23.4 Å². The first-order valence-electron chi connectivity index (χ1n) is 5.05. The lowest BCUT2D eigenvalue weighted by Crippen LogP contribution is -2.37. The molecule has 0 fully saturated rings. The van der Waals surface area contributed by atoms with E-state index in [1.54, 1.807) is 12.1 Å². The van der Waals surface area contributed by atoms with Crippen molar-refractivity contribution in [1.82, 2.24) is 0 Å². The van der Waals surface area contributed by atoms with Crippen LogP contribution in [-0.4, -0.2) is 22.0 Å². The Kier molecular flexibility index (Phi) is 3.82. The van der Waals surface area contributed by atoms with Crippen LogP contribution < -0.4 is 9.37 Å². The van der Waals surface area contributed by atoms with E-state index in [-0.39, 0.29) is 5.75 Å². The highest BCUT2D eigenvalue weighted by Crippen LogP contribution is 2.26. The zero-order valence-electron chi connectivity index (χ0n) is 10.1. The van der Waals surface area contributed by atoms with Crippen LogP contribution in [0.5, 0.6) is 5.75 Å². The van der Waals surface area contributed by atoms with Crippen LogP contribution in [0.2, 0.25) is 19.6 Å². The van der Waals surface area contributed by atoms with Crippen molar-refractivity contribution in [3.05, 3.63) is 24.3 Å². The molecule has 0 spiro atoms. The number of alkyl halides is 3. The molecule has 0 atom stereocenters. The SMILES string of the molecule is C[Si](C)(C)c1ccc(OS(=O)(=O)C(F)(F)F)cc1. The van der Waals surface area contributed by atoms with Gasteiger partial charge in [-0.3, -0.25) is 0 Å². The van der Waals surface area contributed by atoms with Crippen LogP contribution in [0.15, 0.2) is 24.3 Å². The van der Waals surface area contributed by atoms with E-state index in [4.69, 9.17) is 0 Å². The number of halogens is 3. The molecule has 8 heteroatoms. The third-order valence-corrected chi connectivity index (χ3v) is 5.25. The van der Waals surface area contributed by atoms with Crippen molar-refractivity contribution in [3.63, 3.8) is 0 Å². The number of rotatable bonds is 3. The first-order chi connectivity index (χ1) is 7.93. The van der Waals surface area contributed by atoms with Gasteiger partial charge in [0.1, 0.15) is 5.75 Å². The molecular formula is C10H13F3O3SSi. The van der Waals surface area contributed by atoms with E-state index >= 15 is 0 Å². The van der Waals surface area contributed by atoms with Crippen LogP contribution in [0.4, 0.5) is 13.2 Å². The minimum atomic E-state index is -5.59. The van der Waals surface area contributed by atoms with Crippen LogP contribution in [0.25, 0.3) is 0 Å². The molecule has 0 heterocycles. The molecule has 0 aliphatic heterocycles. The van der Waals surface area contributed by atoms with Gasteiger partial charge in [-0.05, 0) is 12.1 Å². The molecule has 0 aliphatic carbocycles. The van der Waals surface area contributed by atoms with E-state index in [2.05, 4.69) is 23.8 Å². The van der Waals surface area contributed by atoms with Gasteiger partial charge in [-0.25, -0.2) is 0 Å². The molecule has 0 radical (unpaired) electrons. The summed E-state index contributed by atoms with van der Waals surface area (Å²) in [6.45, 7) is 6.19. The van der Waals surface area contributed by atoms with Crippen LogP contribution >= 0.6 is 0 Å². The van der Waals surface area contributed by atoms with Gasteiger partial charge >= 0.3 is 15.6 Å². The normalized spacial score (nSPS) is 13.4. The number of hydrogen-bond donors (Lipinski definition) is 0. The van der Waals surface area contributed by atoms with Crippen molar-refractivity contribution in [3.8, 4) is 5.75 Å². The molecule has 0 saturated carbocycles. The summed E-state index contributed by atoms with van der Waals surface area (Å²) in [6.07, 6.45) is 0. The molecule has 0 aliphatic rings. The lowest BCUT2D eigenvalue weighted by atomic mass is 10.3. The second-order valence-electron chi connectivity index (χ2n) is 4.76. The summed E-state index contributed by atoms with van der Waals surface area (Å²) in [5.74, 6) is -0.339. The lowest BCUT2D eigenvalue weighted by molar-refractivity contribution is -0.0500. The van der Waals surface area contributed by atoms with Crippen LogP contribution in [0.1, 0.15) is 0 Å². The molecule has 1 aromatic rings. The maximum atomic E-state index is 12.1. The molecule has 0 bridgehead atoms. The Bertz CT molecular complexity index is 515. The van der Waals surface area contributed by atoms with Crippen molar-refractivity contribution in [2.75, 3.05) is 0 Å². The second-order valence-corrected chi connectivity index (χ2v) is 11.4. The smallest absolute Gasteiger partial charge is 0.376 e. The van der Waals surface area contributed by atoms with Gasteiger partial charge in [-0.2, -0.15) is 21.6 Å². The molecule has 0 unspecified atom stereocenters. The van der Waals surface area contributed by atoms with E-state index in [0.717, 1.165) is 5.19 Å². The van der Waals surface area contributed by atoms with E-state index in [1.807, 2.05) is 0 Å². The fourth-order valence-electron chi connectivity index (χ4n) is 1.18. The molecular weight excluding hydrogens is 285 g/mol. The fraction of sp³-hybridized carbons (Fsp3) is 0.400. The average Bonchev–Trinajstić information content (AvgIpc) is 2.14. The van der Waals surface area contributed by atoms with Crippen molar-refractivity contribution < 1.29 is 25.8 Å². The quantitative estimate of drug-likeness (QED) is 0.489. The van der Waals surface area contributed by atoms with E-state index in [0.29, 0.717) is 0 Å². The van der Waals surface area contributed by atoms with E-state index in [9.17, 15) is 21.6 Å². The van der Waals surface area contributed by atoms with Crippen molar-refractivity contribution in [2.45, 2.75) is 25.1 Å². The molecule has 18 heavy (non-hydrogen) atoms. The zero-order valence-corrected chi connectivity index (χ0v) is 11.9. The summed E-state index contributed by atoms with van der Waals surface area (Å²) in [7, 11) is -7.17. The van der Waals surface area contributed by atoms with Gasteiger partial charge in [-0.15, -0.1) is 0 Å².